The Kier molecular flexibility index (Phi) is 2.76. The molecule has 1 fully saturated rings. The van der Waals surface area contributed by atoms with E-state index in [4.69, 9.17) is 4.74 Å². The Labute approximate surface area is 108 Å². The van der Waals surface area contributed by atoms with Crippen LogP contribution in [-0.2, 0) is 4.74 Å². The summed E-state index contributed by atoms with van der Waals surface area (Å²) in [7, 11) is 2.04. The Bertz CT molecular complexity index is 535. The first-order chi connectivity index (χ1) is 8.25. The lowest BCUT2D eigenvalue weighted by Gasteiger charge is -2.24. The number of imidazole rings is 1. The molecule has 1 aliphatic heterocycles. The van der Waals surface area contributed by atoms with Crippen LogP contribution in [-0.4, -0.2) is 40.7 Å². The smallest absolute Gasteiger partial charge is 0.180 e. The molecular formula is C11H13BrN4O. The number of ether oxygens (including phenoxy) is 1. The third kappa shape index (κ3) is 1.91. The quantitative estimate of drug-likeness (QED) is 0.846. The van der Waals surface area contributed by atoms with Gasteiger partial charge in [-0.25, -0.2) is 9.97 Å². The zero-order valence-corrected chi connectivity index (χ0v) is 11.1. The van der Waals surface area contributed by atoms with E-state index < -0.39 is 0 Å². The normalized spacial score (nSPS) is 20.0. The molecule has 0 radical (unpaired) electrons. The SMILES string of the molecule is CN(c1nc(Br)cn2ccnc12)C1CCOC1. The van der Waals surface area contributed by atoms with E-state index in [1.807, 2.05) is 23.8 Å². The first-order valence-corrected chi connectivity index (χ1v) is 6.35. The van der Waals surface area contributed by atoms with Gasteiger partial charge in [0.25, 0.3) is 0 Å². The highest BCUT2D eigenvalue weighted by atomic mass is 79.9. The van der Waals surface area contributed by atoms with Crippen LogP contribution in [0.25, 0.3) is 5.65 Å². The molecule has 1 atom stereocenters. The molecule has 0 amide bonds. The number of hydrogen-bond acceptors (Lipinski definition) is 4. The second-order valence-electron chi connectivity index (χ2n) is 4.17. The van der Waals surface area contributed by atoms with Crippen LogP contribution in [0.5, 0.6) is 0 Å². The minimum absolute atomic E-state index is 0.386. The molecule has 1 unspecified atom stereocenters. The maximum absolute atomic E-state index is 5.42. The van der Waals surface area contributed by atoms with E-state index in [2.05, 4.69) is 30.8 Å². The molecule has 0 saturated carbocycles. The third-order valence-corrected chi connectivity index (χ3v) is 3.50. The van der Waals surface area contributed by atoms with Crippen molar-refractivity contribution in [3.05, 3.63) is 23.2 Å². The van der Waals surface area contributed by atoms with E-state index in [-0.39, 0.29) is 0 Å². The zero-order valence-electron chi connectivity index (χ0n) is 9.51. The molecule has 3 rings (SSSR count). The molecule has 90 valence electrons. The monoisotopic (exact) mass is 296 g/mol. The number of halogens is 1. The van der Waals surface area contributed by atoms with Crippen LogP contribution < -0.4 is 4.90 Å². The minimum atomic E-state index is 0.386. The van der Waals surface area contributed by atoms with Gasteiger partial charge in [0.15, 0.2) is 11.5 Å². The van der Waals surface area contributed by atoms with Crippen LogP contribution in [0.3, 0.4) is 0 Å². The number of rotatable bonds is 2. The van der Waals surface area contributed by atoms with Gasteiger partial charge in [0, 0.05) is 32.2 Å². The van der Waals surface area contributed by atoms with Crippen molar-refractivity contribution < 1.29 is 4.74 Å². The molecule has 0 spiro atoms. The molecule has 6 heteroatoms. The fourth-order valence-electron chi connectivity index (χ4n) is 2.12. The summed E-state index contributed by atoms with van der Waals surface area (Å²) in [5, 5.41) is 0. The molecule has 2 aromatic rings. The first-order valence-electron chi connectivity index (χ1n) is 5.55. The van der Waals surface area contributed by atoms with Crippen LogP contribution in [0.4, 0.5) is 5.82 Å². The fraction of sp³-hybridized carbons (Fsp3) is 0.455. The van der Waals surface area contributed by atoms with Crippen molar-refractivity contribution in [2.45, 2.75) is 12.5 Å². The molecule has 5 nitrogen and oxygen atoms in total. The fourth-order valence-corrected chi connectivity index (χ4v) is 2.51. The van der Waals surface area contributed by atoms with E-state index in [9.17, 15) is 0 Å². The minimum Gasteiger partial charge on any atom is -0.379 e. The highest BCUT2D eigenvalue weighted by Crippen LogP contribution is 2.24. The summed E-state index contributed by atoms with van der Waals surface area (Å²) in [6, 6.07) is 0.386. The molecule has 1 saturated heterocycles. The standard InChI is InChI=1S/C11H13BrN4O/c1-15(8-2-5-17-7-8)11-10-13-3-4-16(10)6-9(12)14-11/h3-4,6,8H,2,5,7H2,1H3. The van der Waals surface area contributed by atoms with E-state index in [0.29, 0.717) is 6.04 Å². The van der Waals surface area contributed by atoms with Gasteiger partial charge < -0.3 is 14.0 Å². The van der Waals surface area contributed by atoms with Gasteiger partial charge >= 0.3 is 0 Å². The van der Waals surface area contributed by atoms with Gasteiger partial charge in [-0.3, -0.25) is 0 Å². The second kappa shape index (κ2) is 4.27. The van der Waals surface area contributed by atoms with Crippen molar-refractivity contribution in [3.8, 4) is 0 Å². The van der Waals surface area contributed by atoms with Gasteiger partial charge in [-0.2, -0.15) is 0 Å². The van der Waals surface area contributed by atoms with Crippen molar-refractivity contribution in [1.82, 2.24) is 14.4 Å². The largest absolute Gasteiger partial charge is 0.379 e. The number of likely N-dealkylation sites (N-methyl/N-ethyl adjacent to an activating group) is 1. The third-order valence-electron chi connectivity index (χ3n) is 3.11. The van der Waals surface area contributed by atoms with Crippen LogP contribution >= 0.6 is 15.9 Å². The number of hydrogen-bond donors (Lipinski definition) is 0. The molecule has 3 heterocycles. The average molecular weight is 297 g/mol. The van der Waals surface area contributed by atoms with Gasteiger partial charge in [-0.15, -0.1) is 0 Å². The highest BCUT2D eigenvalue weighted by Gasteiger charge is 2.23. The van der Waals surface area contributed by atoms with Gasteiger partial charge in [0.1, 0.15) is 4.60 Å². The van der Waals surface area contributed by atoms with Crippen molar-refractivity contribution in [1.29, 1.82) is 0 Å². The Morgan fingerprint density at radius 2 is 2.47 bits per heavy atom. The summed E-state index contributed by atoms with van der Waals surface area (Å²) in [6.45, 7) is 1.59. The van der Waals surface area contributed by atoms with Gasteiger partial charge in [0.05, 0.1) is 12.6 Å². The summed E-state index contributed by atoms with van der Waals surface area (Å²) >= 11 is 3.43. The Balaban J connectivity index is 2.05. The maximum Gasteiger partial charge on any atom is 0.180 e. The summed E-state index contributed by atoms with van der Waals surface area (Å²) in [4.78, 5) is 11.0. The maximum atomic E-state index is 5.42. The van der Waals surface area contributed by atoms with Crippen molar-refractivity contribution in [3.63, 3.8) is 0 Å². The highest BCUT2D eigenvalue weighted by molar-refractivity contribution is 9.10. The molecule has 17 heavy (non-hydrogen) atoms. The molecule has 0 N–H and O–H groups in total. The van der Waals surface area contributed by atoms with Gasteiger partial charge in [-0.1, -0.05) is 0 Å². The molecular weight excluding hydrogens is 284 g/mol. The van der Waals surface area contributed by atoms with Crippen molar-refractivity contribution in [2.75, 3.05) is 25.2 Å². The van der Waals surface area contributed by atoms with Gasteiger partial charge in [0.2, 0.25) is 0 Å². The average Bonchev–Trinajstić information content (AvgIpc) is 2.97. The molecule has 0 aromatic carbocycles. The van der Waals surface area contributed by atoms with E-state index in [0.717, 1.165) is 35.7 Å². The first kappa shape index (κ1) is 11.0. The summed E-state index contributed by atoms with van der Waals surface area (Å²) < 4.78 is 8.20. The Hall–Kier alpha value is -1.14. The van der Waals surface area contributed by atoms with Crippen LogP contribution in [0.15, 0.2) is 23.2 Å². The van der Waals surface area contributed by atoms with E-state index in [1.54, 1.807) is 6.20 Å². The second-order valence-corrected chi connectivity index (χ2v) is 4.99. The van der Waals surface area contributed by atoms with E-state index >= 15 is 0 Å². The molecule has 0 bridgehead atoms. The predicted molar refractivity (Wildman–Crippen MR) is 68.3 cm³/mol. The lowest BCUT2D eigenvalue weighted by molar-refractivity contribution is 0.193. The number of anilines is 1. The Morgan fingerprint density at radius 3 is 3.24 bits per heavy atom. The number of fused-ring (bicyclic) bond motifs is 1. The van der Waals surface area contributed by atoms with Crippen LogP contribution in [0.2, 0.25) is 0 Å². The van der Waals surface area contributed by atoms with Crippen LogP contribution in [0.1, 0.15) is 6.42 Å². The number of nitrogens with zero attached hydrogens (tertiary/aromatic N) is 4. The number of aromatic nitrogens is 3. The predicted octanol–water partition coefficient (Wildman–Crippen LogP) is 1.72. The topological polar surface area (TPSA) is 42.7 Å². The molecule has 1 aliphatic rings. The van der Waals surface area contributed by atoms with E-state index in [1.165, 1.54) is 0 Å². The lowest BCUT2D eigenvalue weighted by atomic mass is 10.2. The molecule has 2 aromatic heterocycles. The Morgan fingerprint density at radius 1 is 1.59 bits per heavy atom. The zero-order chi connectivity index (χ0) is 11.8. The summed E-state index contributed by atoms with van der Waals surface area (Å²) in [5.74, 6) is 0.889. The molecule has 0 aliphatic carbocycles. The van der Waals surface area contributed by atoms with Crippen molar-refractivity contribution in [2.24, 2.45) is 0 Å². The van der Waals surface area contributed by atoms with Crippen LogP contribution in [0, 0.1) is 0 Å². The summed E-state index contributed by atoms with van der Waals surface area (Å²) in [5.41, 5.74) is 0.877. The van der Waals surface area contributed by atoms with Gasteiger partial charge in [-0.05, 0) is 22.4 Å². The summed E-state index contributed by atoms with van der Waals surface area (Å²) in [6.07, 6.45) is 6.65. The lowest BCUT2D eigenvalue weighted by Crippen LogP contribution is -2.33. The van der Waals surface area contributed by atoms with Crippen molar-refractivity contribution >= 4 is 27.4 Å².